The van der Waals surface area contributed by atoms with Crippen molar-refractivity contribution in [2.75, 3.05) is 18.5 Å². The first-order chi connectivity index (χ1) is 9.28. The molecule has 1 fully saturated rings. The molecule has 19 heavy (non-hydrogen) atoms. The van der Waals surface area contributed by atoms with E-state index in [4.69, 9.17) is 4.74 Å². The van der Waals surface area contributed by atoms with E-state index >= 15 is 0 Å². The van der Waals surface area contributed by atoms with Crippen molar-refractivity contribution in [3.05, 3.63) is 29.8 Å². The summed E-state index contributed by atoms with van der Waals surface area (Å²) in [4.78, 5) is 12.3. The van der Waals surface area contributed by atoms with Crippen molar-refractivity contribution in [3.8, 4) is 0 Å². The fraction of sp³-hybridized carbons (Fsp3) is 0.533. The van der Waals surface area contributed by atoms with E-state index in [1.165, 1.54) is 0 Å². The zero-order valence-electron chi connectivity index (χ0n) is 11.2. The van der Waals surface area contributed by atoms with E-state index in [2.05, 4.69) is 10.6 Å². The van der Waals surface area contributed by atoms with Gasteiger partial charge in [0.15, 0.2) is 0 Å². The highest BCUT2D eigenvalue weighted by Gasteiger charge is 2.34. The Balaban J connectivity index is 1.55. The number of rotatable bonds is 4. The first kappa shape index (κ1) is 12.5. The molecule has 0 saturated heterocycles. The number of hydrogen-bond donors (Lipinski definition) is 2. The highest BCUT2D eigenvalue weighted by Crippen LogP contribution is 2.32. The molecule has 0 radical (unpaired) electrons. The third kappa shape index (κ3) is 2.45. The van der Waals surface area contributed by atoms with Crippen molar-refractivity contribution in [1.29, 1.82) is 0 Å². The number of hydrogen-bond acceptors (Lipinski definition) is 3. The van der Waals surface area contributed by atoms with E-state index in [-0.39, 0.29) is 17.9 Å². The molecule has 1 unspecified atom stereocenters. The minimum Gasteiger partial charge on any atom is -0.384 e. The largest absolute Gasteiger partial charge is 0.384 e. The molecule has 4 heteroatoms. The molecular weight excluding hydrogens is 240 g/mol. The molecule has 1 aliphatic carbocycles. The van der Waals surface area contributed by atoms with E-state index in [1.807, 2.05) is 31.2 Å². The molecule has 1 heterocycles. The van der Waals surface area contributed by atoms with Crippen molar-refractivity contribution in [3.63, 3.8) is 0 Å². The Morgan fingerprint density at radius 2 is 2.21 bits per heavy atom. The molecule has 4 nitrogen and oxygen atoms in total. The van der Waals surface area contributed by atoms with Gasteiger partial charge in [-0.2, -0.15) is 0 Å². The summed E-state index contributed by atoms with van der Waals surface area (Å²) in [6.07, 6.45) is 2.23. The van der Waals surface area contributed by atoms with Crippen LogP contribution in [0, 0.1) is 0 Å². The number of benzene rings is 1. The van der Waals surface area contributed by atoms with Gasteiger partial charge in [-0.05, 0) is 31.4 Å². The molecule has 0 aromatic heterocycles. The minimum absolute atomic E-state index is 0.0534. The van der Waals surface area contributed by atoms with Gasteiger partial charge in [0.05, 0.1) is 12.0 Å². The Hall–Kier alpha value is -1.55. The molecule has 1 amide bonds. The maximum absolute atomic E-state index is 12.3. The number of fused-ring (bicyclic) bond motifs is 1. The molecule has 2 aliphatic rings. The lowest BCUT2D eigenvalue weighted by molar-refractivity contribution is -0.124. The Bertz CT molecular complexity index is 469. The van der Waals surface area contributed by atoms with Crippen LogP contribution in [0.25, 0.3) is 0 Å². The monoisotopic (exact) mass is 260 g/mol. The Morgan fingerprint density at radius 1 is 1.42 bits per heavy atom. The topological polar surface area (TPSA) is 50.4 Å². The second-order valence-corrected chi connectivity index (χ2v) is 5.28. The summed E-state index contributed by atoms with van der Waals surface area (Å²) in [6, 6.07) is 8.32. The molecule has 3 rings (SSSR count). The van der Waals surface area contributed by atoms with Crippen molar-refractivity contribution >= 4 is 11.6 Å². The maximum Gasteiger partial charge on any atom is 0.229 e. The summed E-state index contributed by atoms with van der Waals surface area (Å²) in [5.74, 6) is 0.0831. The molecule has 1 saturated carbocycles. The number of anilines is 1. The van der Waals surface area contributed by atoms with Crippen LogP contribution in [-0.4, -0.2) is 31.2 Å². The normalized spacial score (nSPS) is 28.2. The van der Waals surface area contributed by atoms with Gasteiger partial charge >= 0.3 is 0 Å². The van der Waals surface area contributed by atoms with Crippen molar-refractivity contribution in [2.45, 2.75) is 37.8 Å². The van der Waals surface area contributed by atoms with E-state index in [0.717, 1.165) is 30.7 Å². The van der Waals surface area contributed by atoms with Crippen molar-refractivity contribution < 1.29 is 9.53 Å². The highest BCUT2D eigenvalue weighted by molar-refractivity contribution is 5.88. The summed E-state index contributed by atoms with van der Waals surface area (Å²) in [5.41, 5.74) is 2.20. The SMILES string of the molecule is CCOC1CC(NC(=O)C2CNc3ccccc32)C1. The molecule has 1 aromatic carbocycles. The van der Waals surface area contributed by atoms with E-state index in [0.29, 0.717) is 12.6 Å². The van der Waals surface area contributed by atoms with E-state index in [9.17, 15) is 4.79 Å². The van der Waals surface area contributed by atoms with Crippen molar-refractivity contribution in [1.82, 2.24) is 5.32 Å². The van der Waals surface area contributed by atoms with Crippen molar-refractivity contribution in [2.24, 2.45) is 0 Å². The quantitative estimate of drug-likeness (QED) is 0.869. The number of carbonyl (C=O) groups is 1. The summed E-state index contributed by atoms with van der Waals surface area (Å²) >= 11 is 0. The van der Waals surface area contributed by atoms with Crippen LogP contribution in [0.4, 0.5) is 5.69 Å². The molecular formula is C15H20N2O2. The van der Waals surface area contributed by atoms with Gasteiger partial charge in [-0.1, -0.05) is 18.2 Å². The third-order valence-electron chi connectivity index (χ3n) is 3.99. The summed E-state index contributed by atoms with van der Waals surface area (Å²) in [7, 11) is 0. The van der Waals surface area contributed by atoms with Gasteiger partial charge in [0, 0.05) is 24.9 Å². The fourth-order valence-electron chi connectivity index (χ4n) is 2.87. The molecule has 1 atom stereocenters. The smallest absolute Gasteiger partial charge is 0.229 e. The molecule has 1 aliphatic heterocycles. The first-order valence-electron chi connectivity index (χ1n) is 7.02. The maximum atomic E-state index is 12.3. The van der Waals surface area contributed by atoms with Gasteiger partial charge in [-0.25, -0.2) is 0 Å². The second kappa shape index (κ2) is 5.21. The van der Waals surface area contributed by atoms with Gasteiger partial charge in [0.25, 0.3) is 0 Å². The average Bonchev–Trinajstić information content (AvgIpc) is 2.80. The molecule has 1 aromatic rings. The standard InChI is InChI=1S/C15H20N2O2/c1-2-19-11-7-10(8-11)17-15(18)13-9-16-14-6-4-3-5-12(13)14/h3-6,10-11,13,16H,2,7-9H2,1H3,(H,17,18). The molecule has 102 valence electrons. The molecule has 0 spiro atoms. The first-order valence-corrected chi connectivity index (χ1v) is 7.02. The van der Waals surface area contributed by atoms with Gasteiger partial charge in [0.2, 0.25) is 5.91 Å². The number of ether oxygens (including phenoxy) is 1. The number of para-hydroxylation sites is 1. The lowest BCUT2D eigenvalue weighted by Crippen LogP contribution is -2.49. The Labute approximate surface area is 113 Å². The number of nitrogens with one attached hydrogen (secondary N) is 2. The third-order valence-corrected chi connectivity index (χ3v) is 3.99. The Kier molecular flexibility index (Phi) is 3.42. The van der Waals surface area contributed by atoms with Crippen LogP contribution in [0.3, 0.4) is 0 Å². The van der Waals surface area contributed by atoms with Crippen LogP contribution in [0.1, 0.15) is 31.2 Å². The van der Waals surface area contributed by atoms with Crippen LogP contribution >= 0.6 is 0 Å². The van der Waals surface area contributed by atoms with Crippen LogP contribution in [0.5, 0.6) is 0 Å². The van der Waals surface area contributed by atoms with Crippen LogP contribution in [0.15, 0.2) is 24.3 Å². The predicted octanol–water partition coefficient (Wildman–Crippen LogP) is 1.88. The zero-order valence-corrected chi connectivity index (χ0v) is 11.2. The van der Waals surface area contributed by atoms with Gasteiger partial charge in [-0.15, -0.1) is 0 Å². The number of carbonyl (C=O) groups excluding carboxylic acids is 1. The minimum atomic E-state index is -0.0534. The van der Waals surface area contributed by atoms with E-state index < -0.39 is 0 Å². The summed E-state index contributed by atoms with van der Waals surface area (Å²) in [5, 5.41) is 6.41. The van der Waals surface area contributed by atoms with Gasteiger partial charge in [0.1, 0.15) is 0 Å². The number of amides is 1. The predicted molar refractivity (Wildman–Crippen MR) is 74.3 cm³/mol. The lowest BCUT2D eigenvalue weighted by Gasteiger charge is -2.35. The van der Waals surface area contributed by atoms with Gasteiger partial charge < -0.3 is 15.4 Å². The highest BCUT2D eigenvalue weighted by atomic mass is 16.5. The van der Waals surface area contributed by atoms with Crippen LogP contribution in [-0.2, 0) is 9.53 Å². The average molecular weight is 260 g/mol. The molecule has 0 bridgehead atoms. The van der Waals surface area contributed by atoms with E-state index in [1.54, 1.807) is 0 Å². The fourth-order valence-corrected chi connectivity index (χ4v) is 2.87. The van der Waals surface area contributed by atoms with Crippen LogP contribution in [0.2, 0.25) is 0 Å². The summed E-state index contributed by atoms with van der Waals surface area (Å²) < 4.78 is 5.51. The second-order valence-electron chi connectivity index (χ2n) is 5.28. The zero-order chi connectivity index (χ0) is 13.2. The van der Waals surface area contributed by atoms with Gasteiger partial charge in [-0.3, -0.25) is 4.79 Å². The summed E-state index contributed by atoms with van der Waals surface area (Å²) in [6.45, 7) is 3.46. The Morgan fingerprint density at radius 3 is 3.00 bits per heavy atom. The molecule has 2 N–H and O–H groups in total. The van der Waals surface area contributed by atoms with Crippen LogP contribution < -0.4 is 10.6 Å². The lowest BCUT2D eigenvalue weighted by atomic mass is 9.88.